The van der Waals surface area contributed by atoms with Gasteiger partial charge in [0.05, 0.1) is 29.5 Å². The molecule has 164 valence electrons. The molecule has 0 aromatic carbocycles. The highest BCUT2D eigenvalue weighted by atomic mass is 19.1. The molecule has 0 radical (unpaired) electrons. The van der Waals surface area contributed by atoms with Crippen molar-refractivity contribution in [2.75, 3.05) is 0 Å². The second kappa shape index (κ2) is 10.4. The third-order valence-corrected chi connectivity index (χ3v) is 4.53. The lowest BCUT2D eigenvalue weighted by atomic mass is 10.1. The van der Waals surface area contributed by atoms with Gasteiger partial charge in [0, 0.05) is 36.8 Å². The second-order valence-corrected chi connectivity index (χ2v) is 6.43. The predicted molar refractivity (Wildman–Crippen MR) is 127 cm³/mol. The molecule has 5 rings (SSSR count). The van der Waals surface area contributed by atoms with Crippen molar-refractivity contribution in [2.45, 2.75) is 27.7 Å². The van der Waals surface area contributed by atoms with E-state index in [4.69, 9.17) is 4.98 Å². The third kappa shape index (κ3) is 4.56. The molecule has 0 atom stereocenters. The normalized spacial score (nSPS) is 10.2. The van der Waals surface area contributed by atoms with E-state index in [1.165, 1.54) is 12.3 Å². The molecule has 0 fully saturated rings. The maximum atomic E-state index is 13.4. The third-order valence-electron chi connectivity index (χ3n) is 4.53. The van der Waals surface area contributed by atoms with Gasteiger partial charge in [0.2, 0.25) is 0 Å². The Labute approximate surface area is 187 Å². The van der Waals surface area contributed by atoms with E-state index < -0.39 is 0 Å². The molecule has 7 heteroatoms. The fourth-order valence-corrected chi connectivity index (χ4v) is 3.26. The van der Waals surface area contributed by atoms with E-state index in [1.807, 2.05) is 81.9 Å². The molecule has 0 N–H and O–H groups in total. The van der Waals surface area contributed by atoms with Crippen LogP contribution in [0.4, 0.5) is 4.39 Å². The molecule has 0 bridgehead atoms. The van der Waals surface area contributed by atoms with Crippen LogP contribution in [0.2, 0.25) is 0 Å². The summed E-state index contributed by atoms with van der Waals surface area (Å²) in [6.07, 6.45) is 8.62. The van der Waals surface area contributed by atoms with Gasteiger partial charge in [-0.2, -0.15) is 5.10 Å². The molecule has 0 spiro atoms. The zero-order chi connectivity index (χ0) is 23.1. The Hall–Kier alpha value is -3.87. The number of imidazole rings is 1. The Morgan fingerprint density at radius 2 is 1.66 bits per heavy atom. The van der Waals surface area contributed by atoms with Crippen molar-refractivity contribution in [2.24, 2.45) is 7.05 Å². The number of nitrogens with zero attached hydrogens (tertiary/aromatic N) is 6. The number of hydrogen-bond donors (Lipinski definition) is 0. The maximum absolute atomic E-state index is 13.4. The first-order valence-corrected chi connectivity index (χ1v) is 10.7. The Bertz CT molecular complexity index is 1290. The summed E-state index contributed by atoms with van der Waals surface area (Å²) in [7, 11) is 1.87. The van der Waals surface area contributed by atoms with E-state index in [-0.39, 0.29) is 5.82 Å². The minimum absolute atomic E-state index is 0.378. The van der Waals surface area contributed by atoms with E-state index in [0.717, 1.165) is 28.2 Å². The van der Waals surface area contributed by atoms with Crippen LogP contribution in [0.15, 0.2) is 73.4 Å². The van der Waals surface area contributed by atoms with E-state index in [2.05, 4.69) is 15.1 Å². The van der Waals surface area contributed by atoms with Crippen LogP contribution in [-0.2, 0) is 7.05 Å². The van der Waals surface area contributed by atoms with Crippen molar-refractivity contribution >= 4 is 5.65 Å². The highest BCUT2D eigenvalue weighted by Gasteiger charge is 2.17. The lowest BCUT2D eigenvalue weighted by Crippen LogP contribution is -1.92. The quantitative estimate of drug-likeness (QED) is 0.350. The first-order chi connectivity index (χ1) is 15.7. The Balaban J connectivity index is 0.000000686. The SMILES string of the molecule is CC.CC.Cn1cc(-c2cc(-c3c(-c4ccc(F)cn4)nc4ccccn34)ccn2)cn1. The van der Waals surface area contributed by atoms with Gasteiger partial charge >= 0.3 is 0 Å². The lowest BCUT2D eigenvalue weighted by Gasteiger charge is -2.07. The summed E-state index contributed by atoms with van der Waals surface area (Å²) in [6, 6.07) is 12.8. The average Bonchev–Trinajstić information content (AvgIpc) is 3.46. The molecule has 0 unspecified atom stereocenters. The van der Waals surface area contributed by atoms with E-state index >= 15 is 0 Å². The largest absolute Gasteiger partial charge is 0.299 e. The Morgan fingerprint density at radius 3 is 2.34 bits per heavy atom. The standard InChI is InChI=1S/C21H15FN6.2C2H6/c1-27-13-15(11-25-27)18-10-14(7-8-23-18)21-20(17-6-5-16(22)12-24-17)26-19-4-2-3-9-28(19)21;2*1-2/h2-13H,1H3;2*1-2H3. The van der Waals surface area contributed by atoms with Crippen molar-refractivity contribution in [3.63, 3.8) is 0 Å². The molecule has 0 saturated carbocycles. The minimum atomic E-state index is -0.378. The predicted octanol–water partition coefficient (Wildman–Crippen LogP) is 6.05. The van der Waals surface area contributed by atoms with Gasteiger partial charge in [-0.1, -0.05) is 33.8 Å². The summed E-state index contributed by atoms with van der Waals surface area (Å²) in [4.78, 5) is 13.4. The van der Waals surface area contributed by atoms with Crippen molar-refractivity contribution in [1.82, 2.24) is 29.1 Å². The highest BCUT2D eigenvalue weighted by Crippen LogP contribution is 2.33. The number of fused-ring (bicyclic) bond motifs is 1. The van der Waals surface area contributed by atoms with Gasteiger partial charge in [0.15, 0.2) is 0 Å². The fraction of sp³-hybridized carbons (Fsp3) is 0.200. The molecule has 5 aromatic heterocycles. The monoisotopic (exact) mass is 430 g/mol. The van der Waals surface area contributed by atoms with Crippen LogP contribution in [0.1, 0.15) is 27.7 Å². The summed E-state index contributed by atoms with van der Waals surface area (Å²) in [6.45, 7) is 8.00. The summed E-state index contributed by atoms with van der Waals surface area (Å²) in [5, 5.41) is 4.22. The van der Waals surface area contributed by atoms with Crippen molar-refractivity contribution < 1.29 is 4.39 Å². The topological polar surface area (TPSA) is 60.9 Å². The first kappa shape index (κ1) is 22.8. The number of pyridine rings is 3. The summed E-state index contributed by atoms with van der Waals surface area (Å²) in [5.41, 5.74) is 5.65. The number of aromatic nitrogens is 6. The molecule has 0 saturated heterocycles. The van der Waals surface area contributed by atoms with Gasteiger partial charge in [0.1, 0.15) is 17.2 Å². The Morgan fingerprint density at radius 1 is 0.844 bits per heavy atom. The van der Waals surface area contributed by atoms with Gasteiger partial charge in [-0.05, 0) is 36.4 Å². The highest BCUT2D eigenvalue weighted by molar-refractivity contribution is 5.82. The van der Waals surface area contributed by atoms with Gasteiger partial charge < -0.3 is 0 Å². The number of halogens is 1. The molecular weight excluding hydrogens is 403 g/mol. The molecule has 0 aliphatic carbocycles. The van der Waals surface area contributed by atoms with Crippen molar-refractivity contribution in [1.29, 1.82) is 0 Å². The van der Waals surface area contributed by atoms with Gasteiger partial charge in [0.25, 0.3) is 0 Å². The number of hydrogen-bond acceptors (Lipinski definition) is 4. The molecule has 0 amide bonds. The van der Waals surface area contributed by atoms with Crippen LogP contribution in [0.25, 0.3) is 39.5 Å². The van der Waals surface area contributed by atoms with Crippen LogP contribution in [0.5, 0.6) is 0 Å². The fourth-order valence-electron chi connectivity index (χ4n) is 3.26. The molecule has 0 aliphatic heterocycles. The van der Waals surface area contributed by atoms with Crippen molar-refractivity contribution in [3.8, 4) is 33.9 Å². The van der Waals surface area contributed by atoms with E-state index in [9.17, 15) is 4.39 Å². The second-order valence-electron chi connectivity index (χ2n) is 6.43. The molecule has 32 heavy (non-hydrogen) atoms. The Kier molecular flexibility index (Phi) is 7.44. The maximum Gasteiger partial charge on any atom is 0.141 e. The first-order valence-electron chi connectivity index (χ1n) is 10.7. The van der Waals surface area contributed by atoms with Crippen LogP contribution < -0.4 is 0 Å². The summed E-state index contributed by atoms with van der Waals surface area (Å²) < 4.78 is 17.1. The number of aryl methyl sites for hydroxylation is 1. The number of rotatable bonds is 3. The summed E-state index contributed by atoms with van der Waals surface area (Å²) in [5.74, 6) is -0.378. The van der Waals surface area contributed by atoms with E-state index in [0.29, 0.717) is 11.4 Å². The van der Waals surface area contributed by atoms with Gasteiger partial charge in [-0.15, -0.1) is 0 Å². The van der Waals surface area contributed by atoms with Crippen LogP contribution in [0.3, 0.4) is 0 Å². The smallest absolute Gasteiger partial charge is 0.141 e. The van der Waals surface area contributed by atoms with E-state index in [1.54, 1.807) is 23.1 Å². The average molecular weight is 431 g/mol. The molecule has 5 heterocycles. The minimum Gasteiger partial charge on any atom is -0.299 e. The molecular formula is C25H27FN6. The van der Waals surface area contributed by atoms with Crippen LogP contribution >= 0.6 is 0 Å². The van der Waals surface area contributed by atoms with Crippen LogP contribution in [-0.4, -0.2) is 29.1 Å². The van der Waals surface area contributed by atoms with Gasteiger partial charge in [-0.25, -0.2) is 9.37 Å². The molecule has 6 nitrogen and oxygen atoms in total. The zero-order valence-electron chi connectivity index (χ0n) is 19.0. The molecule has 5 aromatic rings. The van der Waals surface area contributed by atoms with Crippen LogP contribution in [0, 0.1) is 5.82 Å². The van der Waals surface area contributed by atoms with Gasteiger partial charge in [-0.3, -0.25) is 19.1 Å². The van der Waals surface area contributed by atoms with Crippen molar-refractivity contribution in [3.05, 3.63) is 79.3 Å². The summed E-state index contributed by atoms with van der Waals surface area (Å²) >= 11 is 0. The molecule has 0 aliphatic rings. The zero-order valence-corrected chi connectivity index (χ0v) is 19.0. The lowest BCUT2D eigenvalue weighted by molar-refractivity contribution is 0.622.